The molecular weight excluding hydrogens is 266 g/mol. The number of aromatic nitrogens is 1. The second-order valence-corrected chi connectivity index (χ2v) is 5.34. The summed E-state index contributed by atoms with van der Waals surface area (Å²) < 4.78 is 5.42. The Balaban J connectivity index is 1.75. The van der Waals surface area contributed by atoms with Crippen LogP contribution in [-0.2, 0) is 9.53 Å². The predicted octanol–water partition coefficient (Wildman–Crippen LogP) is 1.22. The Bertz CT molecular complexity index is 461. The van der Waals surface area contributed by atoms with Gasteiger partial charge in [-0.2, -0.15) is 0 Å². The third-order valence-corrected chi connectivity index (χ3v) is 3.58. The monoisotopic (exact) mass is 281 g/mol. The number of morpholine rings is 1. The van der Waals surface area contributed by atoms with Crippen LogP contribution in [0.15, 0.2) is 18.3 Å². The van der Waals surface area contributed by atoms with Crippen LogP contribution in [0.3, 0.4) is 0 Å². The molecule has 102 valence electrons. The van der Waals surface area contributed by atoms with E-state index in [0.29, 0.717) is 30.8 Å². The number of pyridine rings is 1. The van der Waals surface area contributed by atoms with Crippen molar-refractivity contribution in [2.45, 2.75) is 24.9 Å². The normalized spacial score (nSPS) is 23.2. The average molecular weight is 282 g/mol. The Hall–Kier alpha value is -1.33. The molecule has 1 aromatic heterocycles. The molecule has 0 aromatic carbocycles. The van der Waals surface area contributed by atoms with E-state index in [2.05, 4.69) is 10.3 Å². The molecule has 1 atom stereocenters. The summed E-state index contributed by atoms with van der Waals surface area (Å²) in [5.74, 6) is 0.794. The molecule has 2 aliphatic rings. The number of carbonyl (C=O) groups is 1. The lowest BCUT2D eigenvalue weighted by Gasteiger charge is -2.35. The minimum absolute atomic E-state index is 0.0268. The number of rotatable bonds is 3. The topological polar surface area (TPSA) is 54.5 Å². The molecule has 1 saturated heterocycles. The Labute approximate surface area is 116 Å². The van der Waals surface area contributed by atoms with Gasteiger partial charge < -0.3 is 15.0 Å². The molecule has 0 spiro atoms. The van der Waals surface area contributed by atoms with Crippen molar-refractivity contribution in [3.8, 4) is 0 Å². The minimum atomic E-state index is -0.303. The van der Waals surface area contributed by atoms with Gasteiger partial charge in [-0.1, -0.05) is 11.6 Å². The van der Waals surface area contributed by atoms with Crippen LogP contribution in [0.2, 0.25) is 5.02 Å². The van der Waals surface area contributed by atoms with E-state index >= 15 is 0 Å². The van der Waals surface area contributed by atoms with Crippen molar-refractivity contribution in [2.24, 2.45) is 0 Å². The number of anilines is 1. The van der Waals surface area contributed by atoms with E-state index in [1.165, 1.54) is 0 Å². The summed E-state index contributed by atoms with van der Waals surface area (Å²) in [5.41, 5.74) is 0. The zero-order valence-corrected chi connectivity index (χ0v) is 11.3. The van der Waals surface area contributed by atoms with Gasteiger partial charge in [0.2, 0.25) is 5.91 Å². The number of hydrogen-bond donors (Lipinski definition) is 1. The molecule has 19 heavy (non-hydrogen) atoms. The van der Waals surface area contributed by atoms with Gasteiger partial charge in [0, 0.05) is 18.8 Å². The van der Waals surface area contributed by atoms with Crippen molar-refractivity contribution in [1.29, 1.82) is 0 Å². The number of hydrogen-bond acceptors (Lipinski definition) is 4. The highest BCUT2D eigenvalue weighted by molar-refractivity contribution is 6.30. The average Bonchev–Trinajstić information content (AvgIpc) is 3.23. The SMILES string of the molecule is O=C(NC1CC1)C1COCCN1c1ccc(Cl)cn1. The molecule has 3 rings (SSSR count). The van der Waals surface area contributed by atoms with Crippen LogP contribution < -0.4 is 10.2 Å². The predicted molar refractivity (Wildman–Crippen MR) is 72.4 cm³/mol. The van der Waals surface area contributed by atoms with Crippen molar-refractivity contribution in [1.82, 2.24) is 10.3 Å². The lowest BCUT2D eigenvalue weighted by atomic mass is 10.2. The number of amides is 1. The van der Waals surface area contributed by atoms with E-state index in [-0.39, 0.29) is 11.9 Å². The molecule has 1 N–H and O–H groups in total. The quantitative estimate of drug-likeness (QED) is 0.905. The van der Waals surface area contributed by atoms with Crippen LogP contribution in [0.5, 0.6) is 0 Å². The Morgan fingerprint density at radius 1 is 1.47 bits per heavy atom. The third-order valence-electron chi connectivity index (χ3n) is 3.36. The molecule has 2 fully saturated rings. The Morgan fingerprint density at radius 2 is 2.32 bits per heavy atom. The van der Waals surface area contributed by atoms with Gasteiger partial charge >= 0.3 is 0 Å². The van der Waals surface area contributed by atoms with Gasteiger partial charge in [-0.05, 0) is 25.0 Å². The molecule has 6 heteroatoms. The maximum Gasteiger partial charge on any atom is 0.245 e. The molecular formula is C13H16ClN3O2. The Morgan fingerprint density at radius 3 is 3.00 bits per heavy atom. The first kappa shape index (κ1) is 12.7. The lowest BCUT2D eigenvalue weighted by Crippen LogP contribution is -2.54. The van der Waals surface area contributed by atoms with Crippen molar-refractivity contribution in [3.63, 3.8) is 0 Å². The molecule has 0 radical (unpaired) electrons. The summed E-state index contributed by atoms with van der Waals surface area (Å²) in [5, 5.41) is 3.61. The smallest absolute Gasteiger partial charge is 0.245 e. The van der Waals surface area contributed by atoms with E-state index < -0.39 is 0 Å². The molecule has 0 bridgehead atoms. The summed E-state index contributed by atoms with van der Waals surface area (Å²) >= 11 is 5.84. The van der Waals surface area contributed by atoms with Gasteiger partial charge in [0.15, 0.2) is 0 Å². The number of ether oxygens (including phenoxy) is 1. The first-order valence-corrected chi connectivity index (χ1v) is 6.88. The van der Waals surface area contributed by atoms with E-state index in [9.17, 15) is 4.79 Å². The van der Waals surface area contributed by atoms with Crippen LogP contribution in [0, 0.1) is 0 Å². The van der Waals surface area contributed by atoms with Gasteiger partial charge in [0.1, 0.15) is 11.9 Å². The fourth-order valence-electron chi connectivity index (χ4n) is 2.16. The van der Waals surface area contributed by atoms with Gasteiger partial charge in [-0.3, -0.25) is 4.79 Å². The van der Waals surface area contributed by atoms with Crippen molar-refractivity contribution >= 4 is 23.3 Å². The fourth-order valence-corrected chi connectivity index (χ4v) is 2.27. The number of nitrogens with one attached hydrogen (secondary N) is 1. The standard InChI is InChI=1S/C13H16ClN3O2/c14-9-1-4-12(15-7-9)17-5-6-19-8-11(17)13(18)16-10-2-3-10/h1,4,7,10-11H,2-3,5-6,8H2,(H,16,18). The molecule has 1 aliphatic carbocycles. The summed E-state index contributed by atoms with van der Waals surface area (Å²) in [6.45, 7) is 1.68. The van der Waals surface area contributed by atoms with Gasteiger partial charge in [0.05, 0.1) is 18.2 Å². The maximum absolute atomic E-state index is 12.2. The van der Waals surface area contributed by atoms with Crippen LogP contribution in [-0.4, -0.2) is 42.7 Å². The highest BCUT2D eigenvalue weighted by atomic mass is 35.5. The van der Waals surface area contributed by atoms with E-state index in [4.69, 9.17) is 16.3 Å². The maximum atomic E-state index is 12.2. The van der Waals surface area contributed by atoms with Gasteiger partial charge in [-0.15, -0.1) is 0 Å². The van der Waals surface area contributed by atoms with E-state index in [0.717, 1.165) is 18.7 Å². The zero-order valence-electron chi connectivity index (χ0n) is 10.5. The second-order valence-electron chi connectivity index (χ2n) is 4.90. The first-order valence-electron chi connectivity index (χ1n) is 6.50. The second kappa shape index (κ2) is 5.35. The molecule has 5 nitrogen and oxygen atoms in total. The number of carbonyl (C=O) groups excluding carboxylic acids is 1. The fraction of sp³-hybridized carbons (Fsp3) is 0.538. The van der Waals surface area contributed by atoms with E-state index in [1.54, 1.807) is 12.3 Å². The van der Waals surface area contributed by atoms with Gasteiger partial charge in [0.25, 0.3) is 0 Å². The number of nitrogens with zero attached hydrogens (tertiary/aromatic N) is 2. The van der Waals surface area contributed by atoms with E-state index in [1.807, 2.05) is 11.0 Å². The van der Waals surface area contributed by atoms with Crippen molar-refractivity contribution in [3.05, 3.63) is 23.4 Å². The van der Waals surface area contributed by atoms with Gasteiger partial charge in [-0.25, -0.2) is 4.98 Å². The highest BCUT2D eigenvalue weighted by Crippen LogP contribution is 2.22. The van der Waals surface area contributed by atoms with Crippen LogP contribution in [0.4, 0.5) is 5.82 Å². The Kier molecular flexibility index (Phi) is 3.57. The summed E-state index contributed by atoms with van der Waals surface area (Å²) in [6.07, 6.45) is 3.76. The van der Waals surface area contributed by atoms with Crippen LogP contribution in [0.25, 0.3) is 0 Å². The molecule has 2 heterocycles. The van der Waals surface area contributed by atoms with Crippen molar-refractivity contribution < 1.29 is 9.53 Å². The van der Waals surface area contributed by atoms with Crippen LogP contribution in [0.1, 0.15) is 12.8 Å². The van der Waals surface area contributed by atoms with Crippen molar-refractivity contribution in [2.75, 3.05) is 24.7 Å². The minimum Gasteiger partial charge on any atom is -0.377 e. The van der Waals surface area contributed by atoms with Crippen LogP contribution >= 0.6 is 11.6 Å². The third kappa shape index (κ3) is 2.98. The lowest BCUT2D eigenvalue weighted by molar-refractivity contribution is -0.124. The zero-order chi connectivity index (χ0) is 13.2. The molecule has 1 unspecified atom stereocenters. The summed E-state index contributed by atoms with van der Waals surface area (Å²) in [6, 6.07) is 3.68. The molecule has 1 aromatic rings. The first-order chi connectivity index (χ1) is 9.24. The molecule has 1 amide bonds. The summed E-state index contributed by atoms with van der Waals surface area (Å²) in [7, 11) is 0. The highest BCUT2D eigenvalue weighted by Gasteiger charge is 2.33. The largest absolute Gasteiger partial charge is 0.377 e. The molecule has 1 saturated carbocycles. The number of halogens is 1. The summed E-state index contributed by atoms with van der Waals surface area (Å²) in [4.78, 5) is 18.5. The molecule has 1 aliphatic heterocycles.